The van der Waals surface area contributed by atoms with Gasteiger partial charge in [-0.2, -0.15) is 13.2 Å². The fourth-order valence-corrected chi connectivity index (χ4v) is 1.98. The summed E-state index contributed by atoms with van der Waals surface area (Å²) in [6.45, 7) is 0. The van der Waals surface area contributed by atoms with E-state index in [4.69, 9.17) is 16.6 Å². The molecule has 5 N–H and O–H groups in total. The number of hydrogen-bond donors (Lipinski definition) is 3. The standard InChI is InChI=1S/C8H9F3N4O2S/c9-8(10,11)3(6(16)17)2-18-7-14-4(12)1-5(13)15-7/h1,3H,2H2,(H,16,17)(H4,12,13,14,15). The van der Waals surface area contributed by atoms with Crippen LogP contribution in [0.3, 0.4) is 0 Å². The number of thioether (sulfide) groups is 1. The normalized spacial score (nSPS) is 13.3. The van der Waals surface area contributed by atoms with E-state index in [0.29, 0.717) is 11.8 Å². The summed E-state index contributed by atoms with van der Waals surface area (Å²) in [5.41, 5.74) is 10.7. The van der Waals surface area contributed by atoms with E-state index >= 15 is 0 Å². The first-order valence-electron chi connectivity index (χ1n) is 4.52. The predicted octanol–water partition coefficient (Wildman–Crippen LogP) is 0.996. The number of halogens is 3. The predicted molar refractivity (Wildman–Crippen MR) is 58.8 cm³/mol. The molecule has 10 heteroatoms. The molecule has 0 aliphatic carbocycles. The van der Waals surface area contributed by atoms with Crippen LogP contribution in [0.1, 0.15) is 0 Å². The van der Waals surface area contributed by atoms with E-state index in [0.717, 1.165) is 0 Å². The first kappa shape index (κ1) is 14.4. The summed E-state index contributed by atoms with van der Waals surface area (Å²) in [4.78, 5) is 17.8. The Morgan fingerprint density at radius 3 is 2.28 bits per heavy atom. The second-order valence-electron chi connectivity index (χ2n) is 3.24. The lowest BCUT2D eigenvalue weighted by Gasteiger charge is -2.14. The number of carboxylic acids is 1. The maximum absolute atomic E-state index is 12.3. The Bertz CT molecular complexity index is 434. The highest BCUT2D eigenvalue weighted by Crippen LogP contribution is 2.31. The van der Waals surface area contributed by atoms with Crippen LogP contribution in [-0.4, -0.2) is 33.0 Å². The van der Waals surface area contributed by atoms with Gasteiger partial charge in [-0.25, -0.2) is 9.97 Å². The molecule has 1 rings (SSSR count). The second-order valence-corrected chi connectivity index (χ2v) is 4.23. The van der Waals surface area contributed by atoms with E-state index in [2.05, 4.69) is 9.97 Å². The van der Waals surface area contributed by atoms with Crippen LogP contribution in [0.5, 0.6) is 0 Å². The molecule has 6 nitrogen and oxygen atoms in total. The summed E-state index contributed by atoms with van der Waals surface area (Å²) < 4.78 is 37.0. The van der Waals surface area contributed by atoms with Crippen LogP contribution in [-0.2, 0) is 4.79 Å². The summed E-state index contributed by atoms with van der Waals surface area (Å²) >= 11 is 0.529. The summed E-state index contributed by atoms with van der Waals surface area (Å²) in [7, 11) is 0. The molecule has 0 fully saturated rings. The van der Waals surface area contributed by atoms with Crippen LogP contribution in [0.15, 0.2) is 11.2 Å². The molecule has 0 aromatic carbocycles. The largest absolute Gasteiger partial charge is 0.481 e. The molecule has 0 radical (unpaired) electrons. The van der Waals surface area contributed by atoms with E-state index in [1.165, 1.54) is 6.07 Å². The summed E-state index contributed by atoms with van der Waals surface area (Å²) in [5, 5.41) is 8.38. The average molecular weight is 282 g/mol. The molecule has 1 heterocycles. The molecular weight excluding hydrogens is 273 g/mol. The van der Waals surface area contributed by atoms with Crippen LogP contribution >= 0.6 is 11.8 Å². The van der Waals surface area contributed by atoms with Crippen LogP contribution in [0.2, 0.25) is 0 Å². The zero-order chi connectivity index (χ0) is 13.9. The zero-order valence-electron chi connectivity index (χ0n) is 8.81. The van der Waals surface area contributed by atoms with Gasteiger partial charge in [0, 0.05) is 11.8 Å². The van der Waals surface area contributed by atoms with Gasteiger partial charge >= 0.3 is 12.1 Å². The molecule has 18 heavy (non-hydrogen) atoms. The molecule has 1 atom stereocenters. The second kappa shape index (κ2) is 5.29. The first-order chi connectivity index (χ1) is 8.20. The maximum atomic E-state index is 12.3. The molecule has 1 unspecified atom stereocenters. The summed E-state index contributed by atoms with van der Waals surface area (Å²) in [6, 6.07) is 1.24. The van der Waals surface area contributed by atoms with Gasteiger partial charge in [-0.05, 0) is 0 Å². The van der Waals surface area contributed by atoms with Gasteiger partial charge in [-0.1, -0.05) is 11.8 Å². The van der Waals surface area contributed by atoms with Gasteiger partial charge in [0.25, 0.3) is 0 Å². The number of aliphatic carboxylic acids is 1. The molecular formula is C8H9F3N4O2S. The number of rotatable bonds is 4. The SMILES string of the molecule is Nc1cc(N)nc(SCC(C(=O)O)C(F)(F)F)n1. The molecule has 0 aliphatic heterocycles. The van der Waals surface area contributed by atoms with Crippen LogP contribution < -0.4 is 11.5 Å². The van der Waals surface area contributed by atoms with Crippen molar-refractivity contribution in [1.29, 1.82) is 0 Å². The van der Waals surface area contributed by atoms with E-state index < -0.39 is 23.8 Å². The number of nitrogens with two attached hydrogens (primary N) is 2. The van der Waals surface area contributed by atoms with Gasteiger partial charge in [0.15, 0.2) is 11.1 Å². The third-order valence-electron chi connectivity index (χ3n) is 1.82. The number of alkyl halides is 3. The van der Waals surface area contributed by atoms with E-state index in [-0.39, 0.29) is 16.8 Å². The molecule has 0 aliphatic rings. The number of anilines is 2. The Kier molecular flexibility index (Phi) is 4.22. The van der Waals surface area contributed by atoms with Crippen molar-refractivity contribution >= 4 is 29.4 Å². The Morgan fingerprint density at radius 2 is 1.89 bits per heavy atom. The van der Waals surface area contributed by atoms with Crippen molar-refractivity contribution in [3.05, 3.63) is 6.07 Å². The Balaban J connectivity index is 2.76. The number of nitrogen functional groups attached to an aromatic ring is 2. The van der Waals surface area contributed by atoms with Crippen molar-refractivity contribution in [1.82, 2.24) is 9.97 Å². The van der Waals surface area contributed by atoms with Gasteiger partial charge in [0.2, 0.25) is 0 Å². The Labute approximate surface area is 104 Å². The highest BCUT2D eigenvalue weighted by atomic mass is 32.2. The number of carbonyl (C=O) groups is 1. The Morgan fingerprint density at radius 1 is 1.39 bits per heavy atom. The van der Waals surface area contributed by atoms with Crippen molar-refractivity contribution in [2.75, 3.05) is 17.2 Å². The lowest BCUT2D eigenvalue weighted by molar-refractivity contribution is -0.188. The maximum Gasteiger partial charge on any atom is 0.403 e. The smallest absolute Gasteiger partial charge is 0.403 e. The van der Waals surface area contributed by atoms with Crippen LogP contribution in [0.25, 0.3) is 0 Å². The first-order valence-corrected chi connectivity index (χ1v) is 5.51. The van der Waals surface area contributed by atoms with Gasteiger partial charge < -0.3 is 16.6 Å². The number of hydrogen-bond acceptors (Lipinski definition) is 6. The fraction of sp³-hybridized carbons (Fsp3) is 0.375. The molecule has 0 spiro atoms. The van der Waals surface area contributed by atoms with Crippen molar-refractivity contribution < 1.29 is 23.1 Å². The number of carboxylic acid groups (broad SMARTS) is 1. The van der Waals surface area contributed by atoms with Crippen molar-refractivity contribution in [3.8, 4) is 0 Å². The van der Waals surface area contributed by atoms with E-state index in [1.807, 2.05) is 0 Å². The number of aromatic nitrogens is 2. The molecule has 100 valence electrons. The third-order valence-corrected chi connectivity index (χ3v) is 2.76. The molecule has 1 aromatic rings. The highest BCUT2D eigenvalue weighted by Gasteiger charge is 2.45. The molecule has 0 saturated carbocycles. The Hall–Kier alpha value is -1.71. The van der Waals surface area contributed by atoms with E-state index in [9.17, 15) is 18.0 Å². The molecule has 0 saturated heterocycles. The third kappa shape index (κ3) is 3.95. The monoisotopic (exact) mass is 282 g/mol. The molecule has 0 bridgehead atoms. The number of nitrogens with zero attached hydrogens (tertiary/aromatic N) is 2. The minimum atomic E-state index is -4.83. The lowest BCUT2D eigenvalue weighted by Crippen LogP contribution is -2.32. The summed E-state index contributed by atoms with van der Waals surface area (Å²) in [5.74, 6) is -5.18. The quantitative estimate of drug-likeness (QED) is 0.557. The topological polar surface area (TPSA) is 115 Å². The van der Waals surface area contributed by atoms with Crippen LogP contribution in [0.4, 0.5) is 24.8 Å². The lowest BCUT2D eigenvalue weighted by atomic mass is 10.2. The van der Waals surface area contributed by atoms with Gasteiger partial charge in [-0.15, -0.1) is 0 Å². The van der Waals surface area contributed by atoms with Crippen molar-refractivity contribution in [2.24, 2.45) is 5.92 Å². The highest BCUT2D eigenvalue weighted by molar-refractivity contribution is 7.99. The van der Waals surface area contributed by atoms with Gasteiger partial charge in [0.1, 0.15) is 11.6 Å². The van der Waals surface area contributed by atoms with Gasteiger partial charge in [-0.3, -0.25) is 4.79 Å². The van der Waals surface area contributed by atoms with E-state index in [1.54, 1.807) is 0 Å². The van der Waals surface area contributed by atoms with Gasteiger partial charge in [0.05, 0.1) is 0 Å². The van der Waals surface area contributed by atoms with Crippen molar-refractivity contribution in [2.45, 2.75) is 11.3 Å². The van der Waals surface area contributed by atoms with Crippen molar-refractivity contribution in [3.63, 3.8) is 0 Å². The minimum Gasteiger partial charge on any atom is -0.481 e. The zero-order valence-corrected chi connectivity index (χ0v) is 9.63. The average Bonchev–Trinajstić information content (AvgIpc) is 2.12. The molecule has 1 aromatic heterocycles. The minimum absolute atomic E-state index is 0.00360. The van der Waals surface area contributed by atoms with Crippen LogP contribution in [0, 0.1) is 5.92 Å². The summed E-state index contributed by atoms with van der Waals surface area (Å²) in [6.07, 6.45) is -4.83. The molecule has 0 amide bonds. The fourth-order valence-electron chi connectivity index (χ4n) is 0.990.